The highest BCUT2D eigenvalue weighted by Crippen LogP contribution is 2.00. The van der Waals surface area contributed by atoms with Gasteiger partial charge in [-0.1, -0.05) is 30.3 Å². The first-order valence-corrected chi connectivity index (χ1v) is 6.40. The van der Waals surface area contributed by atoms with Crippen molar-refractivity contribution in [2.75, 3.05) is 0 Å². The number of alkyl carbamates (subject to hydrolysis) is 1. The first-order valence-electron chi connectivity index (χ1n) is 6.40. The van der Waals surface area contributed by atoms with Crippen LogP contribution in [0.3, 0.4) is 0 Å². The quantitative estimate of drug-likeness (QED) is 0.722. The van der Waals surface area contributed by atoms with Crippen LogP contribution in [0.5, 0.6) is 0 Å². The molecule has 0 spiro atoms. The molecule has 1 aromatic carbocycles. The first kappa shape index (κ1) is 16.5. The lowest BCUT2D eigenvalue weighted by atomic mass is 10.2. The Morgan fingerprint density at radius 3 is 2.29 bits per heavy atom. The molecule has 0 aliphatic carbocycles. The molecular weight excluding hydrogens is 276 g/mol. The Morgan fingerprint density at radius 2 is 1.71 bits per heavy atom. The van der Waals surface area contributed by atoms with E-state index < -0.39 is 30.1 Å². The summed E-state index contributed by atoms with van der Waals surface area (Å²) in [5, 5.41) is 13.3. The molecule has 7 nitrogen and oxygen atoms in total. The second-order valence-electron chi connectivity index (χ2n) is 4.50. The average molecular weight is 294 g/mol. The van der Waals surface area contributed by atoms with E-state index in [-0.39, 0.29) is 6.61 Å². The monoisotopic (exact) mass is 294 g/mol. The second kappa shape index (κ2) is 7.88. The van der Waals surface area contributed by atoms with Gasteiger partial charge in [-0.2, -0.15) is 0 Å². The van der Waals surface area contributed by atoms with Gasteiger partial charge in [0.2, 0.25) is 5.91 Å². The normalized spacial score (nSPS) is 12.9. The van der Waals surface area contributed by atoms with Crippen LogP contribution in [-0.4, -0.2) is 35.2 Å². The number of hydrogen-bond acceptors (Lipinski definition) is 4. The Labute approximate surface area is 122 Å². The molecule has 0 bridgehead atoms. The molecule has 0 fully saturated rings. The van der Waals surface area contributed by atoms with Crippen LogP contribution in [0.4, 0.5) is 4.79 Å². The Morgan fingerprint density at radius 1 is 1.10 bits per heavy atom. The van der Waals surface area contributed by atoms with Gasteiger partial charge in [0.15, 0.2) is 0 Å². The molecule has 0 radical (unpaired) electrons. The molecule has 0 saturated heterocycles. The van der Waals surface area contributed by atoms with Crippen molar-refractivity contribution in [1.82, 2.24) is 10.6 Å². The Balaban J connectivity index is 2.36. The Bertz CT molecular complexity index is 503. The zero-order valence-electron chi connectivity index (χ0n) is 11.8. The molecule has 1 aromatic rings. The fourth-order valence-corrected chi connectivity index (χ4v) is 1.41. The predicted molar refractivity (Wildman–Crippen MR) is 74.5 cm³/mol. The van der Waals surface area contributed by atoms with Gasteiger partial charge in [-0.15, -0.1) is 0 Å². The van der Waals surface area contributed by atoms with Gasteiger partial charge in [0.1, 0.15) is 18.7 Å². The number of aliphatic carboxylic acids is 1. The molecule has 1 rings (SSSR count). The van der Waals surface area contributed by atoms with Crippen molar-refractivity contribution in [1.29, 1.82) is 0 Å². The van der Waals surface area contributed by atoms with E-state index in [1.165, 1.54) is 13.8 Å². The minimum Gasteiger partial charge on any atom is -0.480 e. The number of amides is 2. The minimum atomic E-state index is -1.15. The fraction of sp³-hybridized carbons (Fsp3) is 0.357. The number of carboxylic acids is 1. The summed E-state index contributed by atoms with van der Waals surface area (Å²) in [4.78, 5) is 33.8. The molecule has 0 aromatic heterocycles. The lowest BCUT2D eigenvalue weighted by Gasteiger charge is -2.16. The maximum Gasteiger partial charge on any atom is 0.408 e. The van der Waals surface area contributed by atoms with Crippen molar-refractivity contribution in [2.24, 2.45) is 0 Å². The lowest BCUT2D eigenvalue weighted by Crippen LogP contribution is -2.49. The van der Waals surface area contributed by atoms with Gasteiger partial charge in [0, 0.05) is 0 Å². The number of nitrogens with one attached hydrogen (secondary N) is 2. The second-order valence-corrected chi connectivity index (χ2v) is 4.50. The van der Waals surface area contributed by atoms with E-state index in [1.807, 2.05) is 18.2 Å². The molecule has 21 heavy (non-hydrogen) atoms. The Hall–Kier alpha value is -2.57. The predicted octanol–water partition coefficient (Wildman–Crippen LogP) is 0.891. The van der Waals surface area contributed by atoms with Gasteiger partial charge in [-0.3, -0.25) is 9.59 Å². The van der Waals surface area contributed by atoms with Crippen molar-refractivity contribution in [3.63, 3.8) is 0 Å². The summed E-state index contributed by atoms with van der Waals surface area (Å²) < 4.78 is 4.95. The smallest absolute Gasteiger partial charge is 0.408 e. The van der Waals surface area contributed by atoms with Crippen LogP contribution in [0.25, 0.3) is 0 Å². The number of carbonyl (C=O) groups excluding carboxylic acids is 2. The molecule has 3 N–H and O–H groups in total. The van der Waals surface area contributed by atoms with Crippen molar-refractivity contribution in [2.45, 2.75) is 32.5 Å². The van der Waals surface area contributed by atoms with Crippen LogP contribution in [0.1, 0.15) is 19.4 Å². The summed E-state index contributed by atoms with van der Waals surface area (Å²) in [6, 6.07) is 7.17. The van der Waals surface area contributed by atoms with E-state index in [1.54, 1.807) is 12.1 Å². The summed E-state index contributed by atoms with van der Waals surface area (Å²) in [5.74, 6) is -1.75. The number of benzene rings is 1. The van der Waals surface area contributed by atoms with Gasteiger partial charge in [0.25, 0.3) is 0 Å². The zero-order valence-corrected chi connectivity index (χ0v) is 11.8. The van der Waals surface area contributed by atoms with Gasteiger partial charge < -0.3 is 20.5 Å². The van der Waals surface area contributed by atoms with Crippen LogP contribution in [0.2, 0.25) is 0 Å². The molecular formula is C14H18N2O5. The Kier molecular flexibility index (Phi) is 6.19. The molecule has 7 heteroatoms. The van der Waals surface area contributed by atoms with Crippen LogP contribution in [-0.2, 0) is 20.9 Å². The number of ether oxygens (including phenoxy) is 1. The number of carboxylic acid groups (broad SMARTS) is 1. The highest BCUT2D eigenvalue weighted by atomic mass is 16.5. The van der Waals surface area contributed by atoms with Crippen molar-refractivity contribution >= 4 is 18.0 Å². The summed E-state index contributed by atoms with van der Waals surface area (Å²) in [5.41, 5.74) is 0.823. The molecule has 114 valence electrons. The topological polar surface area (TPSA) is 105 Å². The molecule has 0 aliphatic rings. The van der Waals surface area contributed by atoms with E-state index in [0.717, 1.165) is 5.56 Å². The van der Waals surface area contributed by atoms with Gasteiger partial charge in [-0.05, 0) is 19.4 Å². The van der Waals surface area contributed by atoms with Crippen LogP contribution < -0.4 is 10.6 Å². The maximum atomic E-state index is 11.6. The van der Waals surface area contributed by atoms with Crippen LogP contribution >= 0.6 is 0 Å². The third-order valence-electron chi connectivity index (χ3n) is 2.67. The average Bonchev–Trinajstić information content (AvgIpc) is 2.45. The van der Waals surface area contributed by atoms with E-state index >= 15 is 0 Å². The summed E-state index contributed by atoms with van der Waals surface area (Å²) in [7, 11) is 0. The van der Waals surface area contributed by atoms with Crippen molar-refractivity contribution in [3.8, 4) is 0 Å². The molecule has 2 atom stereocenters. The SMILES string of the molecule is CC(NC(=O)C(C)NC(=O)OCc1ccccc1)C(=O)O. The molecule has 0 saturated carbocycles. The van der Waals surface area contributed by atoms with E-state index in [9.17, 15) is 14.4 Å². The highest BCUT2D eigenvalue weighted by Gasteiger charge is 2.20. The van der Waals surface area contributed by atoms with Crippen LogP contribution in [0.15, 0.2) is 30.3 Å². The largest absolute Gasteiger partial charge is 0.480 e. The molecule has 0 aliphatic heterocycles. The summed E-state index contributed by atoms with van der Waals surface area (Å²) >= 11 is 0. The van der Waals surface area contributed by atoms with Crippen LogP contribution in [0, 0.1) is 0 Å². The molecule has 2 unspecified atom stereocenters. The maximum absolute atomic E-state index is 11.6. The lowest BCUT2D eigenvalue weighted by molar-refractivity contribution is -0.141. The van der Waals surface area contributed by atoms with E-state index in [0.29, 0.717) is 0 Å². The number of hydrogen-bond donors (Lipinski definition) is 3. The number of carbonyl (C=O) groups is 3. The first-order chi connectivity index (χ1) is 9.90. The van der Waals surface area contributed by atoms with Crippen molar-refractivity contribution < 1.29 is 24.2 Å². The summed E-state index contributed by atoms with van der Waals surface area (Å²) in [6.45, 7) is 2.86. The fourth-order valence-electron chi connectivity index (χ4n) is 1.41. The van der Waals surface area contributed by atoms with Gasteiger partial charge >= 0.3 is 12.1 Å². The molecule has 2 amide bonds. The zero-order chi connectivity index (χ0) is 15.8. The standard InChI is InChI=1S/C14H18N2O5/c1-9(12(17)15-10(2)13(18)19)16-14(20)21-8-11-6-4-3-5-7-11/h3-7,9-10H,8H2,1-2H3,(H,15,17)(H,16,20)(H,18,19). The van der Waals surface area contributed by atoms with E-state index in [2.05, 4.69) is 10.6 Å². The van der Waals surface area contributed by atoms with E-state index in [4.69, 9.17) is 9.84 Å². The third kappa shape index (κ3) is 5.94. The summed E-state index contributed by atoms with van der Waals surface area (Å²) in [6.07, 6.45) is -0.746. The van der Waals surface area contributed by atoms with Gasteiger partial charge in [0.05, 0.1) is 0 Å². The highest BCUT2D eigenvalue weighted by molar-refractivity contribution is 5.88. The molecule has 0 heterocycles. The third-order valence-corrected chi connectivity index (χ3v) is 2.67. The van der Waals surface area contributed by atoms with Crippen molar-refractivity contribution in [3.05, 3.63) is 35.9 Å². The minimum absolute atomic E-state index is 0.0898. The van der Waals surface area contributed by atoms with Gasteiger partial charge in [-0.25, -0.2) is 4.79 Å². The number of rotatable bonds is 6.